The maximum absolute atomic E-state index is 6.22. The van der Waals surface area contributed by atoms with Gasteiger partial charge >= 0.3 is 0 Å². The number of para-hydroxylation sites is 1. The van der Waals surface area contributed by atoms with E-state index in [9.17, 15) is 0 Å². The van der Waals surface area contributed by atoms with Gasteiger partial charge in [0.25, 0.3) is 0 Å². The molecule has 1 atom stereocenters. The third-order valence-corrected chi connectivity index (χ3v) is 5.15. The van der Waals surface area contributed by atoms with Crippen LogP contribution in [0.5, 0.6) is 5.75 Å². The molecule has 2 aliphatic rings. The zero-order valence-electron chi connectivity index (χ0n) is 14.2. The Morgan fingerprint density at radius 3 is 2.96 bits per heavy atom. The molecular formula is C20H25BrN2O. The highest BCUT2D eigenvalue weighted by molar-refractivity contribution is 9.09. The molecule has 128 valence electrons. The van der Waals surface area contributed by atoms with E-state index in [1.165, 1.54) is 11.1 Å². The molecule has 3 rings (SSSR count). The number of allylic oxidation sites excluding steroid dienone is 2. The van der Waals surface area contributed by atoms with Crippen LogP contribution in [-0.4, -0.2) is 30.4 Å². The van der Waals surface area contributed by atoms with Crippen molar-refractivity contribution < 1.29 is 4.74 Å². The molecule has 0 aromatic heterocycles. The summed E-state index contributed by atoms with van der Waals surface area (Å²) < 4.78 is 6.22. The quantitative estimate of drug-likeness (QED) is 0.746. The van der Waals surface area contributed by atoms with Gasteiger partial charge in [-0.15, -0.1) is 0 Å². The summed E-state index contributed by atoms with van der Waals surface area (Å²) in [6.45, 7) is 4.68. The van der Waals surface area contributed by atoms with Crippen LogP contribution >= 0.6 is 15.9 Å². The molecule has 1 unspecified atom stereocenters. The lowest BCUT2D eigenvalue weighted by Gasteiger charge is -2.19. The average molecular weight is 389 g/mol. The Balaban J connectivity index is 1.78. The number of hydrogen-bond acceptors (Lipinski definition) is 3. The van der Waals surface area contributed by atoms with E-state index in [0.717, 1.165) is 55.9 Å². The second kappa shape index (κ2) is 8.52. The van der Waals surface area contributed by atoms with Gasteiger partial charge in [0.1, 0.15) is 18.2 Å². The first-order chi connectivity index (χ1) is 11.8. The second-order valence-electron chi connectivity index (χ2n) is 6.16. The number of nitrogens with zero attached hydrogens (tertiary/aromatic N) is 1. The first-order valence-electron chi connectivity index (χ1n) is 8.82. The lowest BCUT2D eigenvalue weighted by atomic mass is 10.0. The van der Waals surface area contributed by atoms with Crippen molar-refractivity contribution in [2.24, 2.45) is 4.99 Å². The Hall–Kier alpha value is -1.55. The molecule has 1 aliphatic carbocycles. The summed E-state index contributed by atoms with van der Waals surface area (Å²) in [5, 5.41) is 3.39. The van der Waals surface area contributed by atoms with Crippen LogP contribution in [0.15, 0.2) is 52.6 Å². The minimum Gasteiger partial charge on any atom is -0.488 e. The first-order valence-corrected chi connectivity index (χ1v) is 9.74. The molecule has 1 aromatic carbocycles. The number of aliphatic imine (C=N–C) groups is 1. The highest BCUT2D eigenvalue weighted by atomic mass is 79.9. The first kappa shape index (κ1) is 17.3. The Morgan fingerprint density at radius 1 is 1.29 bits per heavy atom. The molecule has 0 fully saturated rings. The third kappa shape index (κ3) is 4.29. The monoisotopic (exact) mass is 388 g/mol. The number of rotatable bonds is 5. The molecule has 0 saturated carbocycles. The van der Waals surface area contributed by atoms with Gasteiger partial charge in [0.05, 0.1) is 5.56 Å². The molecule has 3 nitrogen and oxygen atoms in total. The van der Waals surface area contributed by atoms with Crippen LogP contribution < -0.4 is 10.1 Å². The van der Waals surface area contributed by atoms with Crippen LogP contribution in [0.3, 0.4) is 0 Å². The maximum atomic E-state index is 6.22. The number of ether oxygens (including phenoxy) is 1. The summed E-state index contributed by atoms with van der Waals surface area (Å²) in [6, 6.07) is 8.18. The van der Waals surface area contributed by atoms with Crippen LogP contribution in [0.25, 0.3) is 0 Å². The van der Waals surface area contributed by atoms with Crippen molar-refractivity contribution in [1.82, 2.24) is 5.32 Å². The fraction of sp³-hybridized carbons (Fsp3) is 0.450. The normalized spacial score (nSPS) is 21.1. The number of hydrogen-bond donors (Lipinski definition) is 1. The fourth-order valence-electron chi connectivity index (χ4n) is 3.13. The van der Waals surface area contributed by atoms with E-state index < -0.39 is 0 Å². The molecular weight excluding hydrogens is 364 g/mol. The summed E-state index contributed by atoms with van der Waals surface area (Å²) in [5.74, 6) is 1.86. The SMILES string of the molecule is CCC1=CCCC(Br)C=C1COc1ccccc1C1=NCCCN1. The van der Waals surface area contributed by atoms with E-state index in [1.807, 2.05) is 18.2 Å². The van der Waals surface area contributed by atoms with Gasteiger partial charge in [-0.05, 0) is 49.0 Å². The van der Waals surface area contributed by atoms with Crippen molar-refractivity contribution >= 4 is 21.8 Å². The van der Waals surface area contributed by atoms with Crippen LogP contribution in [-0.2, 0) is 0 Å². The lowest BCUT2D eigenvalue weighted by Crippen LogP contribution is -2.30. The van der Waals surface area contributed by atoms with Crippen LogP contribution in [0, 0.1) is 0 Å². The summed E-state index contributed by atoms with van der Waals surface area (Å²) in [4.78, 5) is 5.03. The predicted octanol–water partition coefficient (Wildman–Crippen LogP) is 4.63. The van der Waals surface area contributed by atoms with Crippen LogP contribution in [0.1, 0.15) is 38.2 Å². The number of alkyl halides is 1. The zero-order chi connectivity index (χ0) is 16.8. The number of benzene rings is 1. The highest BCUT2D eigenvalue weighted by Gasteiger charge is 2.15. The molecule has 4 heteroatoms. The molecule has 0 saturated heterocycles. The average Bonchev–Trinajstić information content (AvgIpc) is 2.81. The van der Waals surface area contributed by atoms with Gasteiger partial charge in [-0.25, -0.2) is 0 Å². The molecule has 0 bridgehead atoms. The van der Waals surface area contributed by atoms with Gasteiger partial charge in [-0.1, -0.05) is 47.1 Å². The van der Waals surface area contributed by atoms with Crippen molar-refractivity contribution in [3.63, 3.8) is 0 Å². The van der Waals surface area contributed by atoms with E-state index in [4.69, 9.17) is 4.74 Å². The van der Waals surface area contributed by atoms with Crippen molar-refractivity contribution in [3.05, 3.63) is 53.1 Å². The van der Waals surface area contributed by atoms with Crippen LogP contribution in [0.4, 0.5) is 0 Å². The largest absolute Gasteiger partial charge is 0.488 e. The molecule has 0 amide bonds. The van der Waals surface area contributed by atoms with Gasteiger partial charge in [0, 0.05) is 17.9 Å². The predicted molar refractivity (Wildman–Crippen MR) is 104 cm³/mol. The smallest absolute Gasteiger partial charge is 0.132 e. The Morgan fingerprint density at radius 2 is 2.17 bits per heavy atom. The maximum Gasteiger partial charge on any atom is 0.132 e. The number of halogens is 1. The topological polar surface area (TPSA) is 33.6 Å². The summed E-state index contributed by atoms with van der Waals surface area (Å²) in [7, 11) is 0. The highest BCUT2D eigenvalue weighted by Crippen LogP contribution is 2.26. The zero-order valence-corrected chi connectivity index (χ0v) is 15.8. The van der Waals surface area contributed by atoms with Crippen molar-refractivity contribution in [2.75, 3.05) is 19.7 Å². The molecule has 0 spiro atoms. The molecule has 1 aliphatic heterocycles. The van der Waals surface area contributed by atoms with E-state index in [2.05, 4.69) is 51.4 Å². The van der Waals surface area contributed by atoms with E-state index in [0.29, 0.717) is 11.4 Å². The van der Waals surface area contributed by atoms with E-state index in [1.54, 1.807) is 0 Å². The summed E-state index contributed by atoms with van der Waals surface area (Å²) in [5.41, 5.74) is 3.76. The van der Waals surface area contributed by atoms with Gasteiger partial charge < -0.3 is 10.1 Å². The van der Waals surface area contributed by atoms with Crippen molar-refractivity contribution in [1.29, 1.82) is 0 Å². The molecule has 1 heterocycles. The van der Waals surface area contributed by atoms with Gasteiger partial charge in [0.2, 0.25) is 0 Å². The van der Waals surface area contributed by atoms with Gasteiger partial charge in [-0.3, -0.25) is 4.99 Å². The Bertz CT molecular complexity index is 663. The van der Waals surface area contributed by atoms with Gasteiger partial charge in [0.15, 0.2) is 0 Å². The van der Waals surface area contributed by atoms with Crippen molar-refractivity contribution in [3.8, 4) is 5.75 Å². The summed E-state index contributed by atoms with van der Waals surface area (Å²) in [6.07, 6.45) is 9.07. The number of amidine groups is 1. The third-order valence-electron chi connectivity index (χ3n) is 4.43. The molecule has 0 radical (unpaired) electrons. The molecule has 1 aromatic rings. The number of nitrogens with one attached hydrogen (secondary N) is 1. The van der Waals surface area contributed by atoms with Gasteiger partial charge in [-0.2, -0.15) is 0 Å². The Kier molecular flexibility index (Phi) is 6.13. The van der Waals surface area contributed by atoms with E-state index >= 15 is 0 Å². The van der Waals surface area contributed by atoms with E-state index in [-0.39, 0.29) is 0 Å². The standard InChI is InChI=1S/C20H25BrN2O/c1-2-15-7-5-8-17(21)13-16(15)14-24-19-10-4-3-9-18(19)20-22-11-6-12-23-20/h3-4,7,9-10,13,17H,2,5-6,8,11-12,14H2,1H3,(H,22,23). The minimum atomic E-state index is 0.427. The fourth-order valence-corrected chi connectivity index (χ4v) is 3.71. The molecule has 24 heavy (non-hydrogen) atoms. The minimum absolute atomic E-state index is 0.427. The second-order valence-corrected chi connectivity index (χ2v) is 7.34. The Labute approximate surface area is 153 Å². The lowest BCUT2D eigenvalue weighted by molar-refractivity contribution is 0.352. The van der Waals surface area contributed by atoms with Crippen LogP contribution in [0.2, 0.25) is 0 Å². The molecule has 1 N–H and O–H groups in total. The van der Waals surface area contributed by atoms with Crippen molar-refractivity contribution in [2.45, 2.75) is 37.4 Å². The summed E-state index contributed by atoms with van der Waals surface area (Å²) >= 11 is 3.74.